The second-order valence-corrected chi connectivity index (χ2v) is 7.19. The molecule has 2 aliphatic heterocycles. The van der Waals surface area contributed by atoms with Crippen LogP contribution in [0.4, 0.5) is 0 Å². The molecule has 1 N–H and O–H groups in total. The first-order valence-corrected chi connectivity index (χ1v) is 9.36. The highest BCUT2D eigenvalue weighted by atomic mass is 16.2. The summed E-state index contributed by atoms with van der Waals surface area (Å²) in [6, 6.07) is 4.24. The summed E-state index contributed by atoms with van der Waals surface area (Å²) in [4.78, 5) is 22.0. The number of nitrogens with one attached hydrogen (secondary N) is 1. The van der Waals surface area contributed by atoms with Crippen LogP contribution in [0.25, 0.3) is 0 Å². The van der Waals surface area contributed by atoms with E-state index < -0.39 is 0 Å². The topological polar surface area (TPSA) is 48.5 Å². The van der Waals surface area contributed by atoms with Crippen LogP contribution >= 0.6 is 0 Å². The predicted octanol–water partition coefficient (Wildman–Crippen LogP) is 2.06. The Hall–Kier alpha value is -1.46. The van der Waals surface area contributed by atoms with Crippen molar-refractivity contribution in [2.24, 2.45) is 5.92 Å². The highest BCUT2D eigenvalue weighted by Gasteiger charge is 2.36. The van der Waals surface area contributed by atoms with E-state index >= 15 is 0 Å². The molecule has 2 unspecified atom stereocenters. The average molecular weight is 330 g/mol. The summed E-state index contributed by atoms with van der Waals surface area (Å²) in [5.74, 6) is 1.00. The van der Waals surface area contributed by atoms with Gasteiger partial charge in [-0.25, -0.2) is 0 Å². The van der Waals surface area contributed by atoms with Gasteiger partial charge in [0.1, 0.15) is 6.04 Å². The van der Waals surface area contributed by atoms with Gasteiger partial charge in [0, 0.05) is 51.2 Å². The number of carbonyl (C=O) groups excluding carboxylic acids is 1. The molecule has 5 heteroatoms. The van der Waals surface area contributed by atoms with Crippen LogP contribution in [-0.2, 0) is 4.79 Å². The molecule has 24 heavy (non-hydrogen) atoms. The normalized spacial score (nSPS) is 24.8. The number of aromatic nitrogens is 1. The number of piperidine rings is 1. The summed E-state index contributed by atoms with van der Waals surface area (Å²) in [6.45, 7) is 9.11. The van der Waals surface area contributed by atoms with E-state index in [4.69, 9.17) is 0 Å². The third kappa shape index (κ3) is 3.78. The van der Waals surface area contributed by atoms with Crippen molar-refractivity contribution in [1.29, 1.82) is 0 Å². The van der Waals surface area contributed by atoms with Crippen molar-refractivity contribution in [2.45, 2.75) is 45.2 Å². The van der Waals surface area contributed by atoms with Crippen molar-refractivity contribution < 1.29 is 4.79 Å². The molecule has 2 fully saturated rings. The van der Waals surface area contributed by atoms with E-state index in [0.717, 1.165) is 63.5 Å². The Morgan fingerprint density at radius 3 is 2.67 bits per heavy atom. The first-order chi connectivity index (χ1) is 11.7. The van der Waals surface area contributed by atoms with Gasteiger partial charge in [0.15, 0.2) is 0 Å². The summed E-state index contributed by atoms with van der Waals surface area (Å²) in [7, 11) is 0. The van der Waals surface area contributed by atoms with E-state index in [9.17, 15) is 4.79 Å². The van der Waals surface area contributed by atoms with Crippen molar-refractivity contribution in [1.82, 2.24) is 20.1 Å². The lowest BCUT2D eigenvalue weighted by molar-refractivity contribution is -0.140. The van der Waals surface area contributed by atoms with Gasteiger partial charge in [-0.1, -0.05) is 13.8 Å². The summed E-state index contributed by atoms with van der Waals surface area (Å²) in [5.41, 5.74) is 1.08. The van der Waals surface area contributed by atoms with E-state index in [1.807, 2.05) is 12.1 Å². The number of likely N-dealkylation sites (tertiary alicyclic amines) is 1. The molecule has 0 bridgehead atoms. The fourth-order valence-electron chi connectivity index (χ4n) is 3.92. The zero-order chi connectivity index (χ0) is 16.9. The van der Waals surface area contributed by atoms with Gasteiger partial charge < -0.3 is 10.2 Å². The minimum Gasteiger partial charge on any atom is -0.341 e. The van der Waals surface area contributed by atoms with Gasteiger partial charge in [-0.15, -0.1) is 0 Å². The largest absolute Gasteiger partial charge is 0.341 e. The van der Waals surface area contributed by atoms with Gasteiger partial charge >= 0.3 is 0 Å². The van der Waals surface area contributed by atoms with Crippen molar-refractivity contribution in [2.75, 3.05) is 32.7 Å². The zero-order valence-corrected chi connectivity index (χ0v) is 14.9. The SMILES string of the molecule is CCC1CNCCN1C(C(=O)N1CCC(C)CC1)c1ccncc1. The number of nitrogens with zero attached hydrogens (tertiary/aromatic N) is 3. The molecule has 1 amide bonds. The standard InChI is InChI=1S/C19H30N4O/c1-3-17-14-21-10-13-23(17)18(16-4-8-20-9-5-16)19(24)22-11-6-15(2)7-12-22/h4-5,8-9,15,17-18,21H,3,6-7,10-14H2,1-2H3. The second kappa shape index (κ2) is 8.08. The summed E-state index contributed by atoms with van der Waals surface area (Å²) in [6.07, 6.45) is 6.90. The number of carbonyl (C=O) groups is 1. The van der Waals surface area contributed by atoms with Gasteiger partial charge in [0.25, 0.3) is 0 Å². The van der Waals surface area contributed by atoms with Crippen LogP contribution in [-0.4, -0.2) is 59.5 Å². The number of hydrogen-bond donors (Lipinski definition) is 1. The second-order valence-electron chi connectivity index (χ2n) is 7.19. The Balaban J connectivity index is 1.86. The van der Waals surface area contributed by atoms with Crippen LogP contribution in [0.15, 0.2) is 24.5 Å². The Kier molecular flexibility index (Phi) is 5.85. The quantitative estimate of drug-likeness (QED) is 0.918. The van der Waals surface area contributed by atoms with Crippen LogP contribution in [0.2, 0.25) is 0 Å². The van der Waals surface area contributed by atoms with Gasteiger partial charge in [-0.2, -0.15) is 0 Å². The highest BCUT2D eigenvalue weighted by Crippen LogP contribution is 2.29. The molecule has 0 aromatic carbocycles. The molecule has 0 spiro atoms. The maximum absolute atomic E-state index is 13.4. The Labute approximate surface area is 145 Å². The van der Waals surface area contributed by atoms with Crippen molar-refractivity contribution >= 4 is 5.91 Å². The van der Waals surface area contributed by atoms with Crippen LogP contribution in [0.5, 0.6) is 0 Å². The third-order valence-corrected chi connectivity index (χ3v) is 5.55. The smallest absolute Gasteiger partial charge is 0.244 e. The number of rotatable bonds is 4. The van der Waals surface area contributed by atoms with Crippen LogP contribution in [0, 0.1) is 5.92 Å². The van der Waals surface area contributed by atoms with Crippen LogP contribution < -0.4 is 5.32 Å². The third-order valence-electron chi connectivity index (χ3n) is 5.55. The zero-order valence-electron chi connectivity index (χ0n) is 14.9. The van der Waals surface area contributed by atoms with Crippen molar-refractivity contribution in [3.05, 3.63) is 30.1 Å². The summed E-state index contributed by atoms with van der Waals surface area (Å²) in [5, 5.41) is 3.47. The van der Waals surface area contributed by atoms with Gasteiger partial charge in [0.2, 0.25) is 5.91 Å². The Morgan fingerprint density at radius 1 is 1.29 bits per heavy atom. The molecule has 2 saturated heterocycles. The first-order valence-electron chi connectivity index (χ1n) is 9.36. The minimum absolute atomic E-state index is 0.173. The first kappa shape index (κ1) is 17.4. The minimum atomic E-state index is -0.173. The van der Waals surface area contributed by atoms with E-state index in [1.165, 1.54) is 0 Å². The van der Waals surface area contributed by atoms with Crippen LogP contribution in [0.1, 0.15) is 44.7 Å². The molecule has 1 aromatic rings. The fraction of sp³-hybridized carbons (Fsp3) is 0.684. The molecule has 2 atom stereocenters. The monoisotopic (exact) mass is 330 g/mol. The lowest BCUT2D eigenvalue weighted by atomic mass is 9.96. The number of pyridine rings is 1. The van der Waals surface area contributed by atoms with Gasteiger partial charge in [0.05, 0.1) is 0 Å². The van der Waals surface area contributed by atoms with E-state index in [1.54, 1.807) is 12.4 Å². The maximum Gasteiger partial charge on any atom is 0.244 e. The molecule has 5 nitrogen and oxygen atoms in total. The molecular formula is C19H30N4O. The lowest BCUT2D eigenvalue weighted by Crippen LogP contribution is -2.56. The molecule has 3 heterocycles. The lowest BCUT2D eigenvalue weighted by Gasteiger charge is -2.43. The maximum atomic E-state index is 13.4. The highest BCUT2D eigenvalue weighted by molar-refractivity contribution is 5.83. The molecule has 1 aromatic heterocycles. The van der Waals surface area contributed by atoms with E-state index in [0.29, 0.717) is 6.04 Å². The Morgan fingerprint density at radius 2 is 2.00 bits per heavy atom. The van der Waals surface area contributed by atoms with Crippen molar-refractivity contribution in [3.63, 3.8) is 0 Å². The molecule has 132 valence electrons. The molecular weight excluding hydrogens is 300 g/mol. The molecule has 0 radical (unpaired) electrons. The van der Waals surface area contributed by atoms with E-state index in [2.05, 4.69) is 33.9 Å². The van der Waals surface area contributed by atoms with E-state index in [-0.39, 0.29) is 11.9 Å². The Bertz CT molecular complexity index is 527. The molecule has 3 rings (SSSR count). The predicted molar refractivity (Wildman–Crippen MR) is 95.6 cm³/mol. The summed E-state index contributed by atoms with van der Waals surface area (Å²) < 4.78 is 0. The number of piperazine rings is 1. The van der Waals surface area contributed by atoms with Gasteiger partial charge in [-0.3, -0.25) is 14.7 Å². The molecule has 0 aliphatic carbocycles. The molecule has 0 saturated carbocycles. The van der Waals surface area contributed by atoms with Crippen LogP contribution in [0.3, 0.4) is 0 Å². The number of amides is 1. The summed E-state index contributed by atoms with van der Waals surface area (Å²) >= 11 is 0. The van der Waals surface area contributed by atoms with Crippen molar-refractivity contribution in [3.8, 4) is 0 Å². The average Bonchev–Trinajstić information content (AvgIpc) is 2.64. The molecule has 2 aliphatic rings. The fourth-order valence-corrected chi connectivity index (χ4v) is 3.92. The van der Waals surface area contributed by atoms with Gasteiger partial charge in [-0.05, 0) is 42.9 Å². The number of hydrogen-bond acceptors (Lipinski definition) is 4.